The zero-order valence-corrected chi connectivity index (χ0v) is 21.5. The number of nitrogens with zero attached hydrogens (tertiary/aromatic N) is 3. The molecule has 202 valence electrons. The summed E-state index contributed by atoms with van der Waals surface area (Å²) in [6, 6.07) is 7.13. The molecule has 6 N–H and O–H groups in total. The molecule has 1 aliphatic rings. The van der Waals surface area contributed by atoms with Gasteiger partial charge in [-0.05, 0) is 43.0 Å². The van der Waals surface area contributed by atoms with Crippen molar-refractivity contribution < 1.29 is 14.3 Å². The van der Waals surface area contributed by atoms with E-state index < -0.39 is 0 Å². The molecule has 11 nitrogen and oxygen atoms in total. The third-order valence-corrected chi connectivity index (χ3v) is 5.88. The standard InChI is InChI=1S/C26H40N8O3/c1-2-13-29-24-32-25(30-19-20-6-4-3-5-7-20)34-26(33-24)31-22-10-8-21(9-11-22)23(35)28-14-16-37-18-17-36-15-12-27/h2,8-11,20H,1,3-7,12-19,27H2,(H,28,35)(H3,29,30,31,32,33,34). The first kappa shape index (κ1) is 28.3. The van der Waals surface area contributed by atoms with Crippen molar-refractivity contribution in [2.45, 2.75) is 32.1 Å². The van der Waals surface area contributed by atoms with E-state index >= 15 is 0 Å². The van der Waals surface area contributed by atoms with E-state index in [-0.39, 0.29) is 5.91 Å². The largest absolute Gasteiger partial charge is 0.378 e. The molecule has 0 saturated heterocycles. The van der Waals surface area contributed by atoms with Crippen LogP contribution < -0.4 is 27.0 Å². The van der Waals surface area contributed by atoms with Crippen molar-refractivity contribution in [3.63, 3.8) is 0 Å². The molecule has 1 saturated carbocycles. The second kappa shape index (κ2) is 16.5. The highest BCUT2D eigenvalue weighted by Crippen LogP contribution is 2.24. The number of hydrogen-bond acceptors (Lipinski definition) is 10. The topological polar surface area (TPSA) is 148 Å². The van der Waals surface area contributed by atoms with Gasteiger partial charge in [-0.25, -0.2) is 0 Å². The number of hydrogen-bond donors (Lipinski definition) is 5. The first-order valence-electron chi connectivity index (χ1n) is 13.0. The first-order valence-corrected chi connectivity index (χ1v) is 13.0. The van der Waals surface area contributed by atoms with Gasteiger partial charge in [-0.15, -0.1) is 6.58 Å². The lowest BCUT2D eigenvalue weighted by atomic mass is 9.89. The molecule has 0 spiro atoms. The van der Waals surface area contributed by atoms with Gasteiger partial charge in [-0.2, -0.15) is 15.0 Å². The fourth-order valence-corrected chi connectivity index (χ4v) is 3.96. The molecule has 0 radical (unpaired) electrons. The predicted molar refractivity (Wildman–Crippen MR) is 146 cm³/mol. The average Bonchev–Trinajstić information content (AvgIpc) is 2.93. The number of carbonyl (C=O) groups excluding carboxylic acids is 1. The Hall–Kier alpha value is -3.28. The van der Waals surface area contributed by atoms with E-state index in [9.17, 15) is 4.79 Å². The molecule has 2 aromatic rings. The van der Waals surface area contributed by atoms with Crippen molar-refractivity contribution in [3.05, 3.63) is 42.5 Å². The molecular formula is C26H40N8O3. The van der Waals surface area contributed by atoms with Crippen LogP contribution >= 0.6 is 0 Å². The van der Waals surface area contributed by atoms with Crippen LogP contribution in [-0.4, -0.2) is 73.5 Å². The lowest BCUT2D eigenvalue weighted by Crippen LogP contribution is -2.27. The number of nitrogens with one attached hydrogen (secondary N) is 4. The number of anilines is 4. The van der Waals surface area contributed by atoms with Crippen molar-refractivity contribution in [3.8, 4) is 0 Å². The summed E-state index contributed by atoms with van der Waals surface area (Å²) in [7, 11) is 0. The summed E-state index contributed by atoms with van der Waals surface area (Å²) in [4.78, 5) is 25.9. The van der Waals surface area contributed by atoms with Crippen LogP contribution in [0.15, 0.2) is 36.9 Å². The summed E-state index contributed by atoms with van der Waals surface area (Å²) in [6.45, 7) is 7.93. The fraction of sp³-hybridized carbons (Fsp3) is 0.538. The third kappa shape index (κ3) is 10.7. The smallest absolute Gasteiger partial charge is 0.251 e. The lowest BCUT2D eigenvalue weighted by molar-refractivity contribution is 0.0511. The maximum atomic E-state index is 12.4. The van der Waals surface area contributed by atoms with E-state index in [0.29, 0.717) is 75.4 Å². The Morgan fingerprint density at radius 2 is 1.62 bits per heavy atom. The number of nitrogens with two attached hydrogens (primary N) is 1. The second-order valence-corrected chi connectivity index (χ2v) is 8.83. The predicted octanol–water partition coefficient (Wildman–Crippen LogP) is 2.93. The van der Waals surface area contributed by atoms with Gasteiger partial charge >= 0.3 is 0 Å². The summed E-state index contributed by atoms with van der Waals surface area (Å²) in [5.41, 5.74) is 6.67. The molecule has 1 heterocycles. The second-order valence-electron chi connectivity index (χ2n) is 8.83. The highest BCUT2D eigenvalue weighted by atomic mass is 16.5. The molecular weight excluding hydrogens is 472 g/mol. The van der Waals surface area contributed by atoms with Crippen LogP contribution in [0.1, 0.15) is 42.5 Å². The molecule has 1 aliphatic carbocycles. The summed E-state index contributed by atoms with van der Waals surface area (Å²) < 4.78 is 10.7. The number of rotatable bonds is 17. The van der Waals surface area contributed by atoms with Crippen LogP contribution in [-0.2, 0) is 9.47 Å². The minimum Gasteiger partial charge on any atom is -0.378 e. The summed E-state index contributed by atoms with van der Waals surface area (Å²) in [6.07, 6.45) is 8.13. The third-order valence-electron chi connectivity index (χ3n) is 5.88. The zero-order valence-electron chi connectivity index (χ0n) is 21.5. The Morgan fingerprint density at radius 1 is 0.946 bits per heavy atom. The lowest BCUT2D eigenvalue weighted by Gasteiger charge is -2.21. The van der Waals surface area contributed by atoms with E-state index in [2.05, 4.69) is 42.8 Å². The Labute approximate surface area is 219 Å². The van der Waals surface area contributed by atoms with Crippen molar-refractivity contribution in [1.29, 1.82) is 0 Å². The molecule has 1 fully saturated rings. The van der Waals surface area contributed by atoms with Gasteiger partial charge < -0.3 is 36.5 Å². The minimum absolute atomic E-state index is 0.167. The summed E-state index contributed by atoms with van der Waals surface area (Å²) in [5.74, 6) is 1.89. The van der Waals surface area contributed by atoms with Crippen LogP contribution in [0.2, 0.25) is 0 Å². The van der Waals surface area contributed by atoms with Gasteiger partial charge in [0.05, 0.1) is 26.4 Å². The first-order chi connectivity index (χ1) is 18.2. The van der Waals surface area contributed by atoms with Crippen molar-refractivity contribution in [1.82, 2.24) is 20.3 Å². The normalized spacial score (nSPS) is 13.6. The quantitative estimate of drug-likeness (QED) is 0.158. The number of amides is 1. The fourth-order valence-electron chi connectivity index (χ4n) is 3.96. The van der Waals surface area contributed by atoms with Gasteiger partial charge in [0, 0.05) is 37.4 Å². The molecule has 37 heavy (non-hydrogen) atoms. The van der Waals surface area contributed by atoms with Crippen molar-refractivity contribution >= 4 is 29.4 Å². The Balaban J connectivity index is 1.50. The molecule has 0 bridgehead atoms. The van der Waals surface area contributed by atoms with Gasteiger partial charge in [0.25, 0.3) is 5.91 Å². The molecule has 1 amide bonds. The molecule has 0 aliphatic heterocycles. The molecule has 0 unspecified atom stereocenters. The van der Waals surface area contributed by atoms with Gasteiger partial charge in [0.1, 0.15) is 0 Å². The molecule has 11 heteroatoms. The number of aromatic nitrogens is 3. The van der Waals surface area contributed by atoms with Gasteiger partial charge in [0.2, 0.25) is 17.8 Å². The van der Waals surface area contributed by atoms with Crippen molar-refractivity contribution in [2.24, 2.45) is 11.7 Å². The molecule has 1 aromatic carbocycles. The molecule has 3 rings (SSSR count). The minimum atomic E-state index is -0.167. The number of benzene rings is 1. The van der Waals surface area contributed by atoms with Crippen LogP contribution in [0.4, 0.5) is 23.5 Å². The zero-order chi connectivity index (χ0) is 26.1. The SMILES string of the molecule is C=CCNc1nc(NCC2CCCCC2)nc(Nc2ccc(C(=O)NCCOCCOCCN)cc2)n1. The Kier molecular flexibility index (Phi) is 12.6. The highest BCUT2D eigenvalue weighted by molar-refractivity contribution is 5.94. The highest BCUT2D eigenvalue weighted by Gasteiger charge is 2.14. The van der Waals surface area contributed by atoms with Crippen LogP contribution in [0.5, 0.6) is 0 Å². The Morgan fingerprint density at radius 3 is 2.32 bits per heavy atom. The van der Waals surface area contributed by atoms with Gasteiger partial charge in [0.15, 0.2) is 0 Å². The average molecular weight is 513 g/mol. The van der Waals surface area contributed by atoms with Gasteiger partial charge in [-0.3, -0.25) is 4.79 Å². The number of ether oxygens (including phenoxy) is 2. The Bertz CT molecular complexity index is 951. The van der Waals surface area contributed by atoms with Crippen LogP contribution in [0.25, 0.3) is 0 Å². The molecule has 1 aromatic heterocycles. The maximum absolute atomic E-state index is 12.4. The van der Waals surface area contributed by atoms with E-state index in [0.717, 1.165) is 12.2 Å². The maximum Gasteiger partial charge on any atom is 0.251 e. The van der Waals surface area contributed by atoms with Crippen LogP contribution in [0, 0.1) is 5.92 Å². The summed E-state index contributed by atoms with van der Waals surface area (Å²) >= 11 is 0. The van der Waals surface area contributed by atoms with E-state index in [4.69, 9.17) is 15.2 Å². The van der Waals surface area contributed by atoms with Crippen molar-refractivity contribution in [2.75, 3.05) is 68.6 Å². The monoisotopic (exact) mass is 512 g/mol. The van der Waals surface area contributed by atoms with Crippen LogP contribution in [0.3, 0.4) is 0 Å². The number of carbonyl (C=O) groups is 1. The van der Waals surface area contributed by atoms with Gasteiger partial charge in [-0.1, -0.05) is 25.3 Å². The molecule has 0 atom stereocenters. The summed E-state index contributed by atoms with van der Waals surface area (Å²) in [5, 5.41) is 12.6. The van der Waals surface area contributed by atoms with E-state index in [1.54, 1.807) is 18.2 Å². The van der Waals surface area contributed by atoms with E-state index in [1.807, 2.05) is 12.1 Å². The van der Waals surface area contributed by atoms with E-state index in [1.165, 1.54) is 32.1 Å².